The average molecular weight is 366 g/mol. The number of aromatic amines is 1. The van der Waals surface area contributed by atoms with E-state index in [1.807, 2.05) is 18.0 Å². The van der Waals surface area contributed by atoms with Gasteiger partial charge in [-0.05, 0) is 30.3 Å². The number of fused-ring (bicyclic) bond motifs is 1. The van der Waals surface area contributed by atoms with Crippen LogP contribution in [-0.4, -0.2) is 69.4 Å². The summed E-state index contributed by atoms with van der Waals surface area (Å²) in [5.41, 5.74) is 8.64. The summed E-state index contributed by atoms with van der Waals surface area (Å²) >= 11 is 1.95. The van der Waals surface area contributed by atoms with Gasteiger partial charge in [-0.3, -0.25) is 4.90 Å². The van der Waals surface area contributed by atoms with Crippen molar-refractivity contribution in [2.24, 2.45) is 5.92 Å². The lowest BCUT2D eigenvalue weighted by Gasteiger charge is -2.15. The molecule has 0 aliphatic carbocycles. The lowest BCUT2D eigenvalue weighted by atomic mass is 10.0. The minimum absolute atomic E-state index is 0.246. The van der Waals surface area contributed by atoms with Gasteiger partial charge < -0.3 is 20.6 Å². The maximum Gasteiger partial charge on any atom is 0.151 e. The van der Waals surface area contributed by atoms with E-state index in [2.05, 4.69) is 19.9 Å². The highest BCUT2D eigenvalue weighted by molar-refractivity contribution is 7.99. The molecule has 2 aromatic heterocycles. The molecule has 0 bridgehead atoms. The van der Waals surface area contributed by atoms with Crippen LogP contribution in [0.2, 0.25) is 0 Å². The van der Waals surface area contributed by atoms with Gasteiger partial charge in [0.25, 0.3) is 0 Å². The first-order valence-electron chi connectivity index (χ1n) is 8.72. The van der Waals surface area contributed by atoms with Crippen LogP contribution in [0.1, 0.15) is 18.4 Å². The number of ether oxygens (including phenoxy) is 1. The van der Waals surface area contributed by atoms with Crippen LogP contribution in [0.25, 0.3) is 11.0 Å². The van der Waals surface area contributed by atoms with E-state index in [1.165, 1.54) is 6.33 Å². The number of thioether (sulfide) groups is 1. The molecule has 1 aliphatic rings. The van der Waals surface area contributed by atoms with Crippen LogP contribution < -0.4 is 5.73 Å². The molecule has 4 N–H and O–H groups in total. The Kier molecular flexibility index (Phi) is 6.52. The number of nitrogens with zero attached hydrogens (tertiary/aromatic N) is 3. The van der Waals surface area contributed by atoms with Crippen LogP contribution in [-0.2, 0) is 11.3 Å². The van der Waals surface area contributed by atoms with Crippen molar-refractivity contribution in [3.05, 3.63) is 18.1 Å². The van der Waals surface area contributed by atoms with Gasteiger partial charge in [-0.1, -0.05) is 0 Å². The quantitative estimate of drug-likeness (QED) is 0.579. The van der Waals surface area contributed by atoms with Gasteiger partial charge in [-0.25, -0.2) is 9.97 Å². The maximum absolute atomic E-state index is 10.4. The average Bonchev–Trinajstić information content (AvgIpc) is 3.16. The van der Waals surface area contributed by atoms with Gasteiger partial charge in [0.2, 0.25) is 0 Å². The van der Waals surface area contributed by atoms with Gasteiger partial charge in [0.15, 0.2) is 5.82 Å². The van der Waals surface area contributed by atoms with Crippen molar-refractivity contribution >= 4 is 28.6 Å². The Morgan fingerprint density at radius 2 is 2.28 bits per heavy atom. The zero-order valence-corrected chi connectivity index (χ0v) is 15.5. The number of nitrogen functional groups attached to an aromatic ring is 1. The molecule has 7 nitrogen and oxygen atoms in total. The minimum Gasteiger partial charge on any atom is -0.391 e. The third kappa shape index (κ3) is 4.63. The van der Waals surface area contributed by atoms with Crippen molar-refractivity contribution in [2.75, 3.05) is 44.0 Å². The predicted molar refractivity (Wildman–Crippen MR) is 102 cm³/mol. The second kappa shape index (κ2) is 8.84. The number of likely N-dealkylation sites (tertiary alicyclic amines) is 1. The third-order valence-corrected chi connectivity index (χ3v) is 5.82. The fourth-order valence-electron chi connectivity index (χ4n) is 3.37. The third-order valence-electron chi connectivity index (χ3n) is 4.72. The molecule has 0 spiro atoms. The van der Waals surface area contributed by atoms with Crippen molar-refractivity contribution in [1.29, 1.82) is 0 Å². The largest absolute Gasteiger partial charge is 0.391 e. The standard InChI is InChI=1S/C17H27N5O2S/c1-24-4-2-5-25-6-3-12-8-22(10-14(12)23)9-13-7-19-16-15(13)20-11-21-17(16)18/h7,11-12,14,19,23H,2-6,8-10H2,1H3,(H2,18,20,21)/t12-,14?/m0/s1. The van der Waals surface area contributed by atoms with E-state index in [9.17, 15) is 5.11 Å². The Morgan fingerprint density at radius 3 is 3.12 bits per heavy atom. The number of nitrogens with two attached hydrogens (primary N) is 1. The summed E-state index contributed by atoms with van der Waals surface area (Å²) in [4.78, 5) is 13.8. The van der Waals surface area contributed by atoms with E-state index in [0.29, 0.717) is 18.3 Å². The molecule has 1 saturated heterocycles. The Labute approximate surface area is 152 Å². The smallest absolute Gasteiger partial charge is 0.151 e. The normalized spacial score (nSPS) is 21.4. The van der Waals surface area contributed by atoms with Gasteiger partial charge in [0, 0.05) is 45.1 Å². The topological polar surface area (TPSA) is 100 Å². The summed E-state index contributed by atoms with van der Waals surface area (Å²) in [7, 11) is 1.74. The Hall–Kier alpha value is -1.35. The number of aliphatic hydroxyl groups is 1. The number of aromatic nitrogens is 3. The fourth-order valence-corrected chi connectivity index (χ4v) is 4.37. The molecule has 0 radical (unpaired) electrons. The van der Waals surface area contributed by atoms with E-state index < -0.39 is 0 Å². The van der Waals surface area contributed by atoms with Crippen LogP contribution in [0.3, 0.4) is 0 Å². The molecular formula is C17H27N5O2S. The van der Waals surface area contributed by atoms with Crippen molar-refractivity contribution in [1.82, 2.24) is 19.9 Å². The second-order valence-corrected chi connectivity index (χ2v) is 7.79. The summed E-state index contributed by atoms with van der Waals surface area (Å²) in [6.45, 7) is 3.23. The van der Waals surface area contributed by atoms with Crippen LogP contribution in [0, 0.1) is 5.92 Å². The number of aliphatic hydroxyl groups excluding tert-OH is 1. The number of H-pyrrole nitrogens is 1. The number of hydrogen-bond acceptors (Lipinski definition) is 7. The molecule has 0 aromatic carbocycles. The number of rotatable bonds is 9. The van der Waals surface area contributed by atoms with E-state index in [4.69, 9.17) is 10.5 Å². The zero-order valence-electron chi connectivity index (χ0n) is 14.6. The van der Waals surface area contributed by atoms with Gasteiger partial charge in [-0.15, -0.1) is 0 Å². The molecule has 3 heterocycles. The molecule has 0 amide bonds. The SMILES string of the molecule is COCCCSCC[C@H]1CN(Cc2c[nH]c3c(N)ncnc23)CC1O. The maximum atomic E-state index is 10.4. The van der Waals surface area contributed by atoms with Gasteiger partial charge in [0.05, 0.1) is 11.6 Å². The first-order valence-corrected chi connectivity index (χ1v) is 9.88. The number of nitrogens with one attached hydrogen (secondary N) is 1. The van der Waals surface area contributed by atoms with Crippen molar-refractivity contribution in [2.45, 2.75) is 25.5 Å². The monoisotopic (exact) mass is 365 g/mol. The first kappa shape index (κ1) is 18.4. The summed E-state index contributed by atoms with van der Waals surface area (Å²) in [6.07, 6.45) is 5.34. The summed E-state index contributed by atoms with van der Waals surface area (Å²) in [5.74, 6) is 3.04. The summed E-state index contributed by atoms with van der Waals surface area (Å²) < 4.78 is 5.06. The van der Waals surface area contributed by atoms with E-state index in [1.54, 1.807) is 7.11 Å². The Morgan fingerprint density at radius 1 is 1.40 bits per heavy atom. The van der Waals surface area contributed by atoms with Crippen molar-refractivity contribution in [3.63, 3.8) is 0 Å². The van der Waals surface area contributed by atoms with Crippen LogP contribution in [0.5, 0.6) is 0 Å². The molecule has 1 aliphatic heterocycles. The first-order chi connectivity index (χ1) is 12.2. The second-order valence-electron chi connectivity index (χ2n) is 6.57. The molecule has 2 aromatic rings. The van der Waals surface area contributed by atoms with Crippen molar-refractivity contribution in [3.8, 4) is 0 Å². The molecular weight excluding hydrogens is 338 g/mol. The molecule has 0 saturated carbocycles. The van der Waals surface area contributed by atoms with Crippen LogP contribution in [0.4, 0.5) is 5.82 Å². The summed E-state index contributed by atoms with van der Waals surface area (Å²) in [5, 5.41) is 10.4. The van der Waals surface area contributed by atoms with E-state index >= 15 is 0 Å². The minimum atomic E-state index is -0.246. The molecule has 1 unspecified atom stereocenters. The van der Waals surface area contributed by atoms with E-state index in [0.717, 1.165) is 60.6 Å². The predicted octanol–water partition coefficient (Wildman–Crippen LogP) is 1.49. The highest BCUT2D eigenvalue weighted by atomic mass is 32.2. The summed E-state index contributed by atoms with van der Waals surface area (Å²) in [6, 6.07) is 0. The highest BCUT2D eigenvalue weighted by Gasteiger charge is 2.31. The molecule has 25 heavy (non-hydrogen) atoms. The molecule has 2 atom stereocenters. The number of β-amino-alcohol motifs (C(OH)–C–C–N with tert-alkyl or cyclic N) is 1. The number of anilines is 1. The van der Waals surface area contributed by atoms with E-state index in [-0.39, 0.29) is 6.10 Å². The lowest BCUT2D eigenvalue weighted by molar-refractivity contribution is 0.140. The highest BCUT2D eigenvalue weighted by Crippen LogP contribution is 2.26. The lowest BCUT2D eigenvalue weighted by Crippen LogP contribution is -2.21. The van der Waals surface area contributed by atoms with Crippen LogP contribution in [0.15, 0.2) is 12.5 Å². The van der Waals surface area contributed by atoms with Gasteiger partial charge in [-0.2, -0.15) is 11.8 Å². The van der Waals surface area contributed by atoms with Gasteiger partial charge in [0.1, 0.15) is 11.8 Å². The number of hydrogen-bond donors (Lipinski definition) is 3. The molecule has 1 fully saturated rings. The molecule has 3 rings (SSSR count). The number of methoxy groups -OCH3 is 1. The fraction of sp³-hybridized carbons (Fsp3) is 0.647. The molecule has 138 valence electrons. The Balaban J connectivity index is 1.49. The Bertz CT molecular complexity index is 680. The van der Waals surface area contributed by atoms with Gasteiger partial charge >= 0.3 is 0 Å². The van der Waals surface area contributed by atoms with Crippen molar-refractivity contribution < 1.29 is 9.84 Å². The zero-order chi connectivity index (χ0) is 17.6. The van der Waals surface area contributed by atoms with Crippen LogP contribution >= 0.6 is 11.8 Å². The molecule has 8 heteroatoms.